The molecule has 2 aromatic heterocycles. The third-order valence-corrected chi connectivity index (χ3v) is 4.48. The number of para-hydroxylation sites is 2. The molecular weight excluding hydrogens is 312 g/mol. The lowest BCUT2D eigenvalue weighted by atomic mass is 10.3. The third kappa shape index (κ3) is 3.53. The zero-order valence-corrected chi connectivity index (χ0v) is 14.2. The maximum Gasteiger partial charge on any atom is 0.169 e. The van der Waals surface area contributed by atoms with Gasteiger partial charge in [-0.25, -0.2) is 9.67 Å². The van der Waals surface area contributed by atoms with Gasteiger partial charge in [-0.2, -0.15) is 0 Å². The van der Waals surface area contributed by atoms with Crippen molar-refractivity contribution in [3.63, 3.8) is 0 Å². The quantitative estimate of drug-likeness (QED) is 0.590. The van der Waals surface area contributed by atoms with Crippen LogP contribution in [0, 0.1) is 0 Å². The fourth-order valence-electron chi connectivity index (χ4n) is 2.40. The maximum atomic E-state index is 5.23. The molecule has 0 saturated heterocycles. The van der Waals surface area contributed by atoms with Crippen molar-refractivity contribution in [2.75, 3.05) is 13.7 Å². The van der Waals surface area contributed by atoms with Gasteiger partial charge in [0.15, 0.2) is 11.0 Å². The lowest BCUT2D eigenvalue weighted by Crippen LogP contribution is -2.07. The van der Waals surface area contributed by atoms with E-state index in [4.69, 9.17) is 9.72 Å². The highest BCUT2D eigenvalue weighted by molar-refractivity contribution is 7.98. The molecule has 1 aromatic carbocycles. The molecule has 2 heterocycles. The summed E-state index contributed by atoms with van der Waals surface area (Å²) >= 11 is 1.65. The van der Waals surface area contributed by atoms with E-state index in [0.717, 1.165) is 41.5 Å². The van der Waals surface area contributed by atoms with E-state index >= 15 is 0 Å². The zero-order valence-electron chi connectivity index (χ0n) is 13.3. The summed E-state index contributed by atoms with van der Waals surface area (Å²) in [5.74, 6) is 1.57. The molecule has 0 unspecified atom stereocenters. The molecule has 23 heavy (non-hydrogen) atoms. The Morgan fingerprint density at radius 2 is 2.09 bits per heavy atom. The van der Waals surface area contributed by atoms with Crippen molar-refractivity contribution in [3.8, 4) is 0 Å². The average Bonchev–Trinajstić information content (AvgIpc) is 3.15. The van der Waals surface area contributed by atoms with E-state index in [9.17, 15) is 0 Å². The first kappa shape index (κ1) is 15.9. The van der Waals surface area contributed by atoms with Gasteiger partial charge in [0, 0.05) is 20.2 Å². The van der Waals surface area contributed by atoms with Crippen molar-refractivity contribution < 1.29 is 4.74 Å². The van der Waals surface area contributed by atoms with Crippen LogP contribution in [0.2, 0.25) is 0 Å². The Kier molecular flexibility index (Phi) is 5.24. The Balaban J connectivity index is 1.82. The smallest absolute Gasteiger partial charge is 0.169 e. The largest absolute Gasteiger partial charge is 0.383 e. The molecule has 0 atom stereocenters. The topological polar surface area (TPSA) is 70.7 Å². The lowest BCUT2D eigenvalue weighted by molar-refractivity contribution is 0.186. The van der Waals surface area contributed by atoms with Crippen LogP contribution in [0.3, 0.4) is 0 Å². The van der Waals surface area contributed by atoms with E-state index in [0.29, 0.717) is 12.4 Å². The Hall–Kier alpha value is -1.93. The summed E-state index contributed by atoms with van der Waals surface area (Å²) in [7, 11) is 1.71. The van der Waals surface area contributed by atoms with Gasteiger partial charge in [-0.15, -0.1) is 5.10 Å². The van der Waals surface area contributed by atoms with Crippen LogP contribution >= 0.6 is 11.8 Å². The molecule has 0 N–H and O–H groups in total. The SMILES string of the molecule is CCCn1nnnc1CSc1nc2ccccc2n1CCOC. The molecule has 0 spiro atoms. The second kappa shape index (κ2) is 7.56. The monoisotopic (exact) mass is 332 g/mol. The van der Waals surface area contributed by atoms with Crippen molar-refractivity contribution in [1.82, 2.24) is 29.8 Å². The standard InChI is InChI=1S/C15H20N6OS/c1-3-8-21-14(17-18-19-21)11-23-15-16-12-6-4-5-7-13(12)20(15)9-10-22-2/h4-7H,3,8-11H2,1-2H3. The first-order valence-electron chi connectivity index (χ1n) is 7.65. The summed E-state index contributed by atoms with van der Waals surface area (Å²) < 4.78 is 9.27. The minimum atomic E-state index is 0.654. The van der Waals surface area contributed by atoms with Crippen LogP contribution in [0.25, 0.3) is 11.0 Å². The summed E-state index contributed by atoms with van der Waals surface area (Å²) in [5, 5.41) is 12.9. The molecule has 122 valence electrons. The molecule has 0 aliphatic rings. The van der Waals surface area contributed by atoms with Crippen LogP contribution < -0.4 is 0 Å². The Morgan fingerprint density at radius 1 is 1.22 bits per heavy atom. The van der Waals surface area contributed by atoms with Crippen LogP contribution in [0.4, 0.5) is 0 Å². The highest BCUT2D eigenvalue weighted by Gasteiger charge is 2.13. The summed E-state index contributed by atoms with van der Waals surface area (Å²) in [6.45, 7) is 4.38. The van der Waals surface area contributed by atoms with Gasteiger partial charge in [0.05, 0.1) is 23.4 Å². The molecule has 0 saturated carbocycles. The number of benzene rings is 1. The number of rotatable bonds is 8. The number of imidazole rings is 1. The van der Waals surface area contributed by atoms with Crippen molar-refractivity contribution in [2.24, 2.45) is 0 Å². The minimum absolute atomic E-state index is 0.654. The van der Waals surface area contributed by atoms with E-state index in [1.54, 1.807) is 18.9 Å². The zero-order chi connectivity index (χ0) is 16.1. The first-order chi connectivity index (χ1) is 11.3. The summed E-state index contributed by atoms with van der Waals surface area (Å²) in [4.78, 5) is 4.73. The minimum Gasteiger partial charge on any atom is -0.383 e. The van der Waals surface area contributed by atoms with Crippen molar-refractivity contribution in [2.45, 2.75) is 37.3 Å². The maximum absolute atomic E-state index is 5.23. The number of nitrogens with zero attached hydrogens (tertiary/aromatic N) is 6. The number of hydrogen-bond acceptors (Lipinski definition) is 6. The molecule has 7 nitrogen and oxygen atoms in total. The fourth-order valence-corrected chi connectivity index (χ4v) is 3.38. The number of aryl methyl sites for hydroxylation is 1. The molecule has 0 radical (unpaired) electrons. The molecule has 0 amide bonds. The first-order valence-corrected chi connectivity index (χ1v) is 8.64. The molecule has 8 heteroatoms. The third-order valence-electron chi connectivity index (χ3n) is 3.51. The van der Waals surface area contributed by atoms with Crippen LogP contribution in [0.1, 0.15) is 19.2 Å². The number of methoxy groups -OCH3 is 1. The number of ether oxygens (including phenoxy) is 1. The van der Waals surface area contributed by atoms with Crippen LogP contribution in [0.15, 0.2) is 29.4 Å². The van der Waals surface area contributed by atoms with E-state index in [1.165, 1.54) is 0 Å². The molecule has 3 rings (SSSR count). The van der Waals surface area contributed by atoms with E-state index in [1.807, 2.05) is 22.9 Å². The van der Waals surface area contributed by atoms with Crippen LogP contribution in [-0.4, -0.2) is 43.5 Å². The lowest BCUT2D eigenvalue weighted by Gasteiger charge is -2.08. The molecule has 0 fully saturated rings. The van der Waals surface area contributed by atoms with Gasteiger partial charge >= 0.3 is 0 Å². The summed E-state index contributed by atoms with van der Waals surface area (Å²) in [5.41, 5.74) is 2.12. The van der Waals surface area contributed by atoms with E-state index < -0.39 is 0 Å². The van der Waals surface area contributed by atoms with Gasteiger partial charge in [0.1, 0.15) is 0 Å². The van der Waals surface area contributed by atoms with Gasteiger partial charge in [0.25, 0.3) is 0 Å². The number of aromatic nitrogens is 6. The Morgan fingerprint density at radius 3 is 2.91 bits per heavy atom. The number of tetrazole rings is 1. The molecular formula is C15H20N6OS. The predicted molar refractivity (Wildman–Crippen MR) is 89.3 cm³/mol. The van der Waals surface area contributed by atoms with Crippen LogP contribution in [-0.2, 0) is 23.6 Å². The van der Waals surface area contributed by atoms with Crippen molar-refractivity contribution >= 4 is 22.8 Å². The van der Waals surface area contributed by atoms with Gasteiger partial charge in [0.2, 0.25) is 0 Å². The normalized spacial score (nSPS) is 11.4. The van der Waals surface area contributed by atoms with Crippen molar-refractivity contribution in [3.05, 3.63) is 30.1 Å². The van der Waals surface area contributed by atoms with Gasteiger partial charge in [-0.1, -0.05) is 30.8 Å². The predicted octanol–water partition coefficient (Wildman–Crippen LogP) is 2.37. The average molecular weight is 332 g/mol. The molecule has 0 bridgehead atoms. The summed E-state index contributed by atoms with van der Waals surface area (Å²) in [6.07, 6.45) is 1.01. The highest BCUT2D eigenvalue weighted by Crippen LogP contribution is 2.26. The Bertz CT molecular complexity index is 768. The van der Waals surface area contributed by atoms with E-state index in [2.05, 4.69) is 33.1 Å². The van der Waals surface area contributed by atoms with Gasteiger partial charge < -0.3 is 9.30 Å². The summed E-state index contributed by atoms with van der Waals surface area (Å²) in [6, 6.07) is 8.16. The number of thioether (sulfide) groups is 1. The molecule has 0 aliphatic carbocycles. The Labute approximate surface area is 139 Å². The second-order valence-corrected chi connectivity index (χ2v) is 6.08. The number of fused-ring (bicyclic) bond motifs is 1. The molecule has 0 aliphatic heterocycles. The van der Waals surface area contributed by atoms with Crippen LogP contribution in [0.5, 0.6) is 0 Å². The van der Waals surface area contributed by atoms with E-state index in [-0.39, 0.29) is 0 Å². The fraction of sp³-hybridized carbons (Fsp3) is 0.467. The van der Waals surface area contributed by atoms with Gasteiger partial charge in [-0.05, 0) is 29.0 Å². The second-order valence-electron chi connectivity index (χ2n) is 5.13. The highest BCUT2D eigenvalue weighted by atomic mass is 32.2. The van der Waals surface area contributed by atoms with Gasteiger partial charge in [-0.3, -0.25) is 0 Å². The molecule has 3 aromatic rings. The van der Waals surface area contributed by atoms with Crippen molar-refractivity contribution in [1.29, 1.82) is 0 Å². The number of hydrogen-bond donors (Lipinski definition) is 0.